The van der Waals surface area contributed by atoms with Gasteiger partial charge in [0.05, 0.1) is 0 Å². The van der Waals surface area contributed by atoms with E-state index in [0.29, 0.717) is 10.7 Å². The Balaban J connectivity index is 1.87. The molecule has 6 heteroatoms. The lowest BCUT2D eigenvalue weighted by molar-refractivity contribution is -0.119. The molecule has 2 rings (SSSR count). The fraction of sp³-hybridized carbons (Fsp3) is 0.133. The molecule has 2 aromatic rings. The van der Waals surface area contributed by atoms with Crippen LogP contribution in [0.5, 0.6) is 0 Å². The SMILES string of the molecule is Cc1cc(NC(=O)COC(=O)c2ccccn2)ccc1Cl. The molecule has 0 fully saturated rings. The minimum absolute atomic E-state index is 0.160. The van der Waals surface area contributed by atoms with Gasteiger partial charge in [-0.1, -0.05) is 17.7 Å². The normalized spacial score (nSPS) is 10.0. The Hall–Kier alpha value is -2.40. The van der Waals surface area contributed by atoms with Crippen molar-refractivity contribution in [1.29, 1.82) is 0 Å². The van der Waals surface area contributed by atoms with Gasteiger partial charge < -0.3 is 10.1 Å². The predicted molar refractivity (Wildman–Crippen MR) is 79.3 cm³/mol. The molecule has 1 N–H and O–H groups in total. The van der Waals surface area contributed by atoms with Crippen LogP contribution >= 0.6 is 11.6 Å². The molecule has 0 spiro atoms. The molecule has 0 unspecified atom stereocenters. The number of rotatable bonds is 4. The Labute approximate surface area is 126 Å². The number of aryl methyl sites for hydroxylation is 1. The summed E-state index contributed by atoms with van der Waals surface area (Å²) in [6, 6.07) is 9.97. The number of carbonyl (C=O) groups excluding carboxylic acids is 2. The number of pyridine rings is 1. The molecule has 0 radical (unpaired) electrons. The number of hydrogen-bond donors (Lipinski definition) is 1. The lowest BCUT2D eigenvalue weighted by Crippen LogP contribution is -2.21. The Kier molecular flexibility index (Phi) is 4.90. The van der Waals surface area contributed by atoms with Crippen molar-refractivity contribution in [3.8, 4) is 0 Å². The van der Waals surface area contributed by atoms with E-state index >= 15 is 0 Å². The van der Waals surface area contributed by atoms with E-state index in [2.05, 4.69) is 10.3 Å². The number of nitrogens with zero attached hydrogens (tertiary/aromatic N) is 1. The molecular formula is C15H13ClN2O3. The third kappa shape index (κ3) is 4.29. The van der Waals surface area contributed by atoms with Crippen LogP contribution < -0.4 is 5.32 Å². The third-order valence-corrected chi connectivity index (χ3v) is 3.07. The average molecular weight is 305 g/mol. The minimum Gasteiger partial charge on any atom is -0.451 e. The second-order valence-corrected chi connectivity index (χ2v) is 4.71. The van der Waals surface area contributed by atoms with Crippen LogP contribution in [0.4, 0.5) is 5.69 Å². The first-order valence-electron chi connectivity index (χ1n) is 6.20. The molecular weight excluding hydrogens is 292 g/mol. The molecule has 0 saturated heterocycles. The van der Waals surface area contributed by atoms with Gasteiger partial charge in [0.2, 0.25) is 0 Å². The van der Waals surface area contributed by atoms with Crippen LogP contribution in [-0.4, -0.2) is 23.5 Å². The number of halogens is 1. The zero-order valence-corrected chi connectivity index (χ0v) is 12.1. The first kappa shape index (κ1) is 15.0. The smallest absolute Gasteiger partial charge is 0.357 e. The van der Waals surface area contributed by atoms with E-state index in [4.69, 9.17) is 16.3 Å². The fourth-order valence-electron chi connectivity index (χ4n) is 1.61. The number of nitrogens with one attached hydrogen (secondary N) is 1. The van der Waals surface area contributed by atoms with E-state index in [1.165, 1.54) is 12.3 Å². The lowest BCUT2D eigenvalue weighted by atomic mass is 10.2. The van der Waals surface area contributed by atoms with E-state index in [1.54, 1.807) is 30.3 Å². The van der Waals surface area contributed by atoms with E-state index in [-0.39, 0.29) is 12.3 Å². The summed E-state index contributed by atoms with van der Waals surface area (Å²) in [5.74, 6) is -1.07. The highest BCUT2D eigenvalue weighted by molar-refractivity contribution is 6.31. The highest BCUT2D eigenvalue weighted by Gasteiger charge is 2.11. The summed E-state index contributed by atoms with van der Waals surface area (Å²) in [4.78, 5) is 27.2. The van der Waals surface area contributed by atoms with Gasteiger partial charge in [-0.15, -0.1) is 0 Å². The summed E-state index contributed by atoms with van der Waals surface area (Å²) in [5.41, 5.74) is 1.60. The van der Waals surface area contributed by atoms with Crippen LogP contribution in [-0.2, 0) is 9.53 Å². The van der Waals surface area contributed by atoms with Gasteiger partial charge in [0, 0.05) is 16.9 Å². The Bertz CT molecular complexity index is 659. The first-order chi connectivity index (χ1) is 10.1. The maximum atomic E-state index is 11.7. The number of ether oxygens (including phenoxy) is 1. The topological polar surface area (TPSA) is 68.3 Å². The summed E-state index contributed by atoms with van der Waals surface area (Å²) in [5, 5.41) is 3.24. The minimum atomic E-state index is -0.641. The number of hydrogen-bond acceptors (Lipinski definition) is 4. The van der Waals surface area contributed by atoms with Gasteiger partial charge in [-0.05, 0) is 42.8 Å². The maximum absolute atomic E-state index is 11.7. The van der Waals surface area contributed by atoms with Crippen LogP contribution in [0.2, 0.25) is 5.02 Å². The molecule has 1 amide bonds. The second kappa shape index (κ2) is 6.85. The summed E-state index contributed by atoms with van der Waals surface area (Å²) < 4.78 is 4.88. The highest BCUT2D eigenvalue weighted by Crippen LogP contribution is 2.19. The van der Waals surface area contributed by atoms with Crippen LogP contribution in [0.3, 0.4) is 0 Å². The van der Waals surface area contributed by atoms with Gasteiger partial charge >= 0.3 is 5.97 Å². The quantitative estimate of drug-likeness (QED) is 0.882. The van der Waals surface area contributed by atoms with Gasteiger partial charge in [-0.25, -0.2) is 9.78 Å². The van der Waals surface area contributed by atoms with Crippen molar-refractivity contribution in [3.63, 3.8) is 0 Å². The van der Waals surface area contributed by atoms with Crippen molar-refractivity contribution in [2.24, 2.45) is 0 Å². The molecule has 0 aliphatic heterocycles. The number of anilines is 1. The van der Waals surface area contributed by atoms with Crippen molar-refractivity contribution >= 4 is 29.2 Å². The monoisotopic (exact) mass is 304 g/mol. The third-order valence-electron chi connectivity index (χ3n) is 2.65. The highest BCUT2D eigenvalue weighted by atomic mass is 35.5. The van der Waals surface area contributed by atoms with Crippen LogP contribution in [0, 0.1) is 6.92 Å². The summed E-state index contributed by atoms with van der Waals surface area (Å²) in [6.45, 7) is 1.45. The Morgan fingerprint density at radius 1 is 1.29 bits per heavy atom. The standard InChI is InChI=1S/C15H13ClN2O3/c1-10-8-11(5-6-12(10)16)18-14(19)9-21-15(20)13-4-2-3-7-17-13/h2-8H,9H2,1H3,(H,18,19). The van der Waals surface area contributed by atoms with Crippen molar-refractivity contribution in [3.05, 3.63) is 58.9 Å². The Morgan fingerprint density at radius 3 is 2.76 bits per heavy atom. The number of carbonyl (C=O) groups is 2. The molecule has 0 atom stereocenters. The van der Waals surface area contributed by atoms with Crippen LogP contribution in [0.15, 0.2) is 42.6 Å². The molecule has 5 nitrogen and oxygen atoms in total. The van der Waals surface area contributed by atoms with Crippen molar-refractivity contribution in [2.75, 3.05) is 11.9 Å². The number of amides is 1. The van der Waals surface area contributed by atoms with Gasteiger partial charge in [0.1, 0.15) is 5.69 Å². The molecule has 0 saturated carbocycles. The summed E-state index contributed by atoms with van der Waals surface area (Å²) >= 11 is 5.90. The molecule has 0 bridgehead atoms. The van der Waals surface area contributed by atoms with Gasteiger partial charge in [-0.2, -0.15) is 0 Å². The zero-order chi connectivity index (χ0) is 15.2. The summed E-state index contributed by atoms with van der Waals surface area (Å²) in [7, 11) is 0. The van der Waals surface area contributed by atoms with Crippen molar-refractivity contribution in [1.82, 2.24) is 4.98 Å². The van der Waals surface area contributed by atoms with Crippen LogP contribution in [0.25, 0.3) is 0 Å². The average Bonchev–Trinajstić information content (AvgIpc) is 2.49. The largest absolute Gasteiger partial charge is 0.451 e. The predicted octanol–water partition coefficient (Wildman–Crippen LogP) is 2.84. The van der Waals surface area contributed by atoms with Gasteiger partial charge in [0.15, 0.2) is 6.61 Å². The number of benzene rings is 1. The van der Waals surface area contributed by atoms with Gasteiger partial charge in [-0.3, -0.25) is 4.79 Å². The van der Waals surface area contributed by atoms with Gasteiger partial charge in [0.25, 0.3) is 5.91 Å². The summed E-state index contributed by atoms with van der Waals surface area (Å²) in [6.07, 6.45) is 1.48. The molecule has 108 valence electrons. The zero-order valence-electron chi connectivity index (χ0n) is 11.3. The molecule has 0 aliphatic rings. The van der Waals surface area contributed by atoms with E-state index in [9.17, 15) is 9.59 Å². The Morgan fingerprint density at radius 2 is 2.10 bits per heavy atom. The molecule has 1 aromatic heterocycles. The van der Waals surface area contributed by atoms with Crippen molar-refractivity contribution in [2.45, 2.75) is 6.92 Å². The van der Waals surface area contributed by atoms with Crippen molar-refractivity contribution < 1.29 is 14.3 Å². The molecule has 1 aromatic carbocycles. The molecule has 0 aliphatic carbocycles. The van der Waals surface area contributed by atoms with E-state index < -0.39 is 11.9 Å². The van der Waals surface area contributed by atoms with E-state index in [0.717, 1.165) is 5.56 Å². The number of aromatic nitrogens is 1. The lowest BCUT2D eigenvalue weighted by Gasteiger charge is -2.07. The molecule has 1 heterocycles. The van der Waals surface area contributed by atoms with Crippen LogP contribution in [0.1, 0.15) is 16.1 Å². The first-order valence-corrected chi connectivity index (χ1v) is 6.58. The number of esters is 1. The fourth-order valence-corrected chi connectivity index (χ4v) is 1.73. The maximum Gasteiger partial charge on any atom is 0.357 e. The molecule has 21 heavy (non-hydrogen) atoms. The second-order valence-electron chi connectivity index (χ2n) is 4.30. The van der Waals surface area contributed by atoms with E-state index in [1.807, 2.05) is 6.92 Å².